The van der Waals surface area contributed by atoms with Crippen LogP contribution < -0.4 is 5.32 Å². The number of rotatable bonds is 3. The number of carbonyl (C=O) groups excluding carboxylic acids is 1. The standard InChI is InChI=1S/C10H15NOS/c1-4-5-11-10(12)9-6-13-8(3)7(9)2/h6H,4-5H2,1-3H3,(H,11,12). The zero-order valence-corrected chi connectivity index (χ0v) is 9.12. The van der Waals surface area contributed by atoms with E-state index in [-0.39, 0.29) is 5.91 Å². The Labute approximate surface area is 83.0 Å². The summed E-state index contributed by atoms with van der Waals surface area (Å²) < 4.78 is 0. The Bertz CT molecular complexity index is 304. The molecule has 13 heavy (non-hydrogen) atoms. The number of hydrogen-bond donors (Lipinski definition) is 1. The molecule has 0 radical (unpaired) electrons. The molecule has 72 valence electrons. The molecular weight excluding hydrogens is 182 g/mol. The lowest BCUT2D eigenvalue weighted by Gasteiger charge is -2.02. The van der Waals surface area contributed by atoms with Crippen molar-refractivity contribution in [1.29, 1.82) is 0 Å². The third kappa shape index (κ3) is 2.31. The molecule has 1 aromatic heterocycles. The van der Waals surface area contributed by atoms with Gasteiger partial charge in [0.2, 0.25) is 0 Å². The van der Waals surface area contributed by atoms with Crippen molar-refractivity contribution in [2.24, 2.45) is 0 Å². The van der Waals surface area contributed by atoms with Crippen LogP contribution in [-0.2, 0) is 0 Å². The average Bonchev–Trinajstić information content (AvgIpc) is 2.44. The summed E-state index contributed by atoms with van der Waals surface area (Å²) in [6.07, 6.45) is 0.980. The minimum absolute atomic E-state index is 0.0590. The SMILES string of the molecule is CCCNC(=O)c1csc(C)c1C. The van der Waals surface area contributed by atoms with E-state index in [0.717, 1.165) is 24.1 Å². The summed E-state index contributed by atoms with van der Waals surface area (Å²) in [4.78, 5) is 12.8. The lowest BCUT2D eigenvalue weighted by molar-refractivity contribution is 0.0953. The van der Waals surface area contributed by atoms with Crippen LogP contribution in [-0.4, -0.2) is 12.5 Å². The second kappa shape index (κ2) is 4.42. The van der Waals surface area contributed by atoms with Crippen molar-refractivity contribution in [1.82, 2.24) is 5.32 Å². The molecule has 2 nitrogen and oxygen atoms in total. The fraction of sp³-hybridized carbons (Fsp3) is 0.500. The van der Waals surface area contributed by atoms with Crippen LogP contribution in [0.1, 0.15) is 34.1 Å². The molecule has 0 aliphatic rings. The predicted molar refractivity (Wildman–Crippen MR) is 56.4 cm³/mol. The Morgan fingerprint density at radius 1 is 1.54 bits per heavy atom. The van der Waals surface area contributed by atoms with Gasteiger partial charge in [0.25, 0.3) is 5.91 Å². The highest BCUT2D eigenvalue weighted by molar-refractivity contribution is 7.10. The third-order valence-corrected chi connectivity index (χ3v) is 3.08. The minimum atomic E-state index is 0.0590. The Morgan fingerprint density at radius 3 is 2.69 bits per heavy atom. The van der Waals surface area contributed by atoms with Gasteiger partial charge in [-0.1, -0.05) is 6.92 Å². The molecule has 0 saturated heterocycles. The largest absolute Gasteiger partial charge is 0.352 e. The maximum Gasteiger partial charge on any atom is 0.252 e. The fourth-order valence-corrected chi connectivity index (χ4v) is 1.94. The van der Waals surface area contributed by atoms with Gasteiger partial charge >= 0.3 is 0 Å². The van der Waals surface area contributed by atoms with Gasteiger partial charge in [-0.15, -0.1) is 11.3 Å². The summed E-state index contributed by atoms with van der Waals surface area (Å²) in [5.74, 6) is 0.0590. The Hall–Kier alpha value is -0.830. The average molecular weight is 197 g/mol. The summed E-state index contributed by atoms with van der Waals surface area (Å²) in [5.41, 5.74) is 1.94. The number of thiophene rings is 1. The normalized spacial score (nSPS) is 10.1. The molecule has 1 N–H and O–H groups in total. The van der Waals surface area contributed by atoms with Gasteiger partial charge in [-0.3, -0.25) is 4.79 Å². The number of nitrogens with one attached hydrogen (secondary N) is 1. The highest BCUT2D eigenvalue weighted by Gasteiger charge is 2.10. The van der Waals surface area contributed by atoms with Crippen LogP contribution in [0.2, 0.25) is 0 Å². The van der Waals surface area contributed by atoms with Crippen molar-refractivity contribution in [2.75, 3.05) is 6.54 Å². The third-order valence-electron chi connectivity index (χ3n) is 2.07. The molecule has 0 aliphatic carbocycles. The van der Waals surface area contributed by atoms with Gasteiger partial charge in [0.15, 0.2) is 0 Å². The van der Waals surface area contributed by atoms with E-state index in [1.165, 1.54) is 4.88 Å². The van der Waals surface area contributed by atoms with E-state index in [4.69, 9.17) is 0 Å². The second-order valence-corrected chi connectivity index (χ2v) is 4.17. The van der Waals surface area contributed by atoms with Gasteiger partial charge < -0.3 is 5.32 Å². The second-order valence-electron chi connectivity index (χ2n) is 3.09. The van der Waals surface area contributed by atoms with Crippen LogP contribution >= 0.6 is 11.3 Å². The van der Waals surface area contributed by atoms with E-state index < -0.39 is 0 Å². The van der Waals surface area contributed by atoms with Gasteiger partial charge in [0, 0.05) is 16.8 Å². The summed E-state index contributed by atoms with van der Waals surface area (Å²) in [7, 11) is 0. The molecule has 0 atom stereocenters. The highest BCUT2D eigenvalue weighted by atomic mass is 32.1. The monoisotopic (exact) mass is 197 g/mol. The van der Waals surface area contributed by atoms with Gasteiger partial charge in [0.1, 0.15) is 0 Å². The molecule has 0 aromatic carbocycles. The molecule has 0 saturated carbocycles. The van der Waals surface area contributed by atoms with Crippen LogP contribution in [0.4, 0.5) is 0 Å². The zero-order valence-electron chi connectivity index (χ0n) is 8.31. The van der Waals surface area contributed by atoms with Gasteiger partial charge in [-0.05, 0) is 25.8 Å². The van der Waals surface area contributed by atoms with Crippen LogP contribution in [0.5, 0.6) is 0 Å². The van der Waals surface area contributed by atoms with Gasteiger partial charge in [-0.2, -0.15) is 0 Å². The fourth-order valence-electron chi connectivity index (χ4n) is 1.07. The quantitative estimate of drug-likeness (QED) is 0.792. The molecule has 3 heteroatoms. The smallest absolute Gasteiger partial charge is 0.252 e. The molecule has 0 spiro atoms. The van der Waals surface area contributed by atoms with Crippen LogP contribution in [0, 0.1) is 13.8 Å². The van der Waals surface area contributed by atoms with Crippen LogP contribution in [0.15, 0.2) is 5.38 Å². The highest BCUT2D eigenvalue weighted by Crippen LogP contribution is 2.20. The van der Waals surface area contributed by atoms with Crippen molar-refractivity contribution in [2.45, 2.75) is 27.2 Å². The maximum atomic E-state index is 11.5. The van der Waals surface area contributed by atoms with Gasteiger partial charge in [-0.25, -0.2) is 0 Å². The first-order valence-corrected chi connectivity index (χ1v) is 5.37. The van der Waals surface area contributed by atoms with E-state index >= 15 is 0 Å². The summed E-state index contributed by atoms with van der Waals surface area (Å²) in [6.45, 7) is 6.84. The van der Waals surface area contributed by atoms with E-state index in [2.05, 4.69) is 5.32 Å². The zero-order chi connectivity index (χ0) is 9.84. The van der Waals surface area contributed by atoms with E-state index in [0.29, 0.717) is 0 Å². The molecule has 1 heterocycles. The lowest BCUT2D eigenvalue weighted by Crippen LogP contribution is -2.24. The van der Waals surface area contributed by atoms with Crippen molar-refractivity contribution in [3.05, 3.63) is 21.4 Å². The molecule has 1 amide bonds. The summed E-state index contributed by atoms with van der Waals surface area (Å²) in [6, 6.07) is 0. The molecule has 1 rings (SSSR count). The first-order chi connectivity index (χ1) is 6.16. The Balaban J connectivity index is 2.71. The Morgan fingerprint density at radius 2 is 2.23 bits per heavy atom. The minimum Gasteiger partial charge on any atom is -0.352 e. The number of carbonyl (C=O) groups is 1. The topological polar surface area (TPSA) is 29.1 Å². The lowest BCUT2D eigenvalue weighted by atomic mass is 10.1. The van der Waals surface area contributed by atoms with Crippen molar-refractivity contribution in [3.8, 4) is 0 Å². The molecule has 0 bridgehead atoms. The maximum absolute atomic E-state index is 11.5. The number of amides is 1. The summed E-state index contributed by atoms with van der Waals surface area (Å²) >= 11 is 1.63. The summed E-state index contributed by atoms with van der Waals surface area (Å²) in [5, 5.41) is 4.80. The van der Waals surface area contributed by atoms with E-state index in [1.54, 1.807) is 11.3 Å². The first-order valence-electron chi connectivity index (χ1n) is 4.49. The molecule has 1 aromatic rings. The number of aryl methyl sites for hydroxylation is 1. The molecular formula is C10H15NOS. The molecule has 0 unspecified atom stereocenters. The van der Waals surface area contributed by atoms with Crippen molar-refractivity contribution in [3.63, 3.8) is 0 Å². The van der Waals surface area contributed by atoms with E-state index in [9.17, 15) is 4.79 Å². The first kappa shape index (κ1) is 10.3. The van der Waals surface area contributed by atoms with Crippen LogP contribution in [0.25, 0.3) is 0 Å². The van der Waals surface area contributed by atoms with Crippen molar-refractivity contribution < 1.29 is 4.79 Å². The van der Waals surface area contributed by atoms with Gasteiger partial charge in [0.05, 0.1) is 5.56 Å². The van der Waals surface area contributed by atoms with Crippen LogP contribution in [0.3, 0.4) is 0 Å². The van der Waals surface area contributed by atoms with Crippen molar-refractivity contribution >= 4 is 17.2 Å². The predicted octanol–water partition coefficient (Wildman–Crippen LogP) is 2.50. The molecule has 0 aliphatic heterocycles. The molecule has 0 fully saturated rings. The van der Waals surface area contributed by atoms with E-state index in [1.807, 2.05) is 26.2 Å². The number of hydrogen-bond acceptors (Lipinski definition) is 2. The Kier molecular flexibility index (Phi) is 3.48.